The van der Waals surface area contributed by atoms with Gasteiger partial charge in [-0.1, -0.05) is 131 Å². The molecule has 4 heteroatoms. The van der Waals surface area contributed by atoms with Crippen LogP contribution < -0.4 is 0 Å². The van der Waals surface area contributed by atoms with Crippen LogP contribution in [0.25, 0.3) is 0 Å². The Morgan fingerprint density at radius 3 is 1.38 bits per heavy atom. The molecule has 238 valence electrons. The maximum Gasteiger partial charge on any atom is 0.309 e. The summed E-state index contributed by atoms with van der Waals surface area (Å²) in [5.41, 5.74) is 0. The second-order valence-electron chi connectivity index (χ2n) is 13.1. The van der Waals surface area contributed by atoms with Crippen molar-refractivity contribution in [3.05, 3.63) is 0 Å². The molecular weight excluding hydrogens is 496 g/mol. The summed E-state index contributed by atoms with van der Waals surface area (Å²) in [6.45, 7) is 14.5. The highest BCUT2D eigenvalue weighted by Crippen LogP contribution is 2.27. The SMILES string of the molecule is CCC(CCCCCCCCCCCCCCC(=O)OCCCCC(C)C)C(CC)C(=O)OCCCCC(C)C. The molecule has 0 saturated carbocycles. The number of carbonyl (C=O) groups is 2. The molecule has 0 aliphatic heterocycles. The summed E-state index contributed by atoms with van der Waals surface area (Å²) >= 11 is 0. The number of hydrogen-bond donors (Lipinski definition) is 0. The van der Waals surface area contributed by atoms with Gasteiger partial charge < -0.3 is 9.47 Å². The van der Waals surface area contributed by atoms with Gasteiger partial charge in [0.15, 0.2) is 0 Å². The van der Waals surface area contributed by atoms with Crippen molar-refractivity contribution in [2.45, 2.75) is 183 Å². The molecule has 0 radical (unpaired) electrons. The van der Waals surface area contributed by atoms with Crippen LogP contribution in [0.4, 0.5) is 0 Å². The van der Waals surface area contributed by atoms with Crippen LogP contribution >= 0.6 is 0 Å². The third-order valence-corrected chi connectivity index (χ3v) is 8.40. The predicted molar refractivity (Wildman–Crippen MR) is 171 cm³/mol. The fraction of sp³-hybridized carbons (Fsp3) is 0.944. The standard InChI is InChI=1S/C36H70O4/c1-7-33(34(8-2)36(38)40-30-24-22-26-32(5)6)27-19-17-15-13-11-9-10-12-14-16-18-20-28-35(37)39-29-23-21-25-31(3)4/h31-34H,7-30H2,1-6H3. The highest BCUT2D eigenvalue weighted by atomic mass is 16.5. The van der Waals surface area contributed by atoms with E-state index in [4.69, 9.17) is 9.47 Å². The van der Waals surface area contributed by atoms with Crippen LogP contribution in [0.3, 0.4) is 0 Å². The Morgan fingerprint density at radius 1 is 0.500 bits per heavy atom. The molecule has 0 heterocycles. The third kappa shape index (κ3) is 24.7. The normalized spacial score (nSPS) is 13.1. The van der Waals surface area contributed by atoms with Crippen molar-refractivity contribution in [3.8, 4) is 0 Å². The molecule has 2 unspecified atom stereocenters. The summed E-state index contributed by atoms with van der Waals surface area (Å²) in [4.78, 5) is 24.4. The number of ether oxygens (including phenoxy) is 2. The summed E-state index contributed by atoms with van der Waals surface area (Å²) in [6, 6.07) is 0. The van der Waals surface area contributed by atoms with E-state index in [0.29, 0.717) is 25.6 Å². The number of esters is 2. The topological polar surface area (TPSA) is 52.6 Å². The molecule has 0 fully saturated rings. The minimum Gasteiger partial charge on any atom is -0.466 e. The average Bonchev–Trinajstić information content (AvgIpc) is 2.91. The van der Waals surface area contributed by atoms with Gasteiger partial charge in [0.1, 0.15) is 0 Å². The summed E-state index contributed by atoms with van der Waals surface area (Å²) in [5.74, 6) is 2.04. The third-order valence-electron chi connectivity index (χ3n) is 8.40. The minimum absolute atomic E-state index is 0.00893. The Balaban J connectivity index is 3.62. The van der Waals surface area contributed by atoms with Crippen LogP contribution in [-0.4, -0.2) is 25.2 Å². The highest BCUT2D eigenvalue weighted by Gasteiger charge is 2.26. The maximum absolute atomic E-state index is 12.7. The predicted octanol–water partition coefficient (Wildman–Crippen LogP) is 11.2. The molecule has 0 aromatic rings. The molecule has 0 aliphatic rings. The van der Waals surface area contributed by atoms with E-state index in [1.807, 2.05) is 0 Å². The second-order valence-corrected chi connectivity index (χ2v) is 13.1. The summed E-state index contributed by atoms with van der Waals surface area (Å²) in [7, 11) is 0. The van der Waals surface area contributed by atoms with Crippen molar-refractivity contribution in [2.75, 3.05) is 13.2 Å². The van der Waals surface area contributed by atoms with Crippen molar-refractivity contribution >= 4 is 11.9 Å². The lowest BCUT2D eigenvalue weighted by Gasteiger charge is -2.24. The van der Waals surface area contributed by atoms with Crippen molar-refractivity contribution in [2.24, 2.45) is 23.7 Å². The van der Waals surface area contributed by atoms with E-state index in [1.54, 1.807) is 0 Å². The first-order chi connectivity index (χ1) is 19.3. The van der Waals surface area contributed by atoms with E-state index in [9.17, 15) is 9.59 Å². The van der Waals surface area contributed by atoms with E-state index in [2.05, 4.69) is 41.5 Å². The van der Waals surface area contributed by atoms with Gasteiger partial charge in [0, 0.05) is 6.42 Å². The number of carbonyl (C=O) groups excluding carboxylic acids is 2. The van der Waals surface area contributed by atoms with Gasteiger partial charge in [-0.3, -0.25) is 9.59 Å². The first-order valence-electron chi connectivity index (χ1n) is 17.6. The van der Waals surface area contributed by atoms with E-state index in [0.717, 1.165) is 69.6 Å². The average molecular weight is 567 g/mol. The molecule has 2 atom stereocenters. The van der Waals surface area contributed by atoms with Gasteiger partial charge in [-0.2, -0.15) is 0 Å². The van der Waals surface area contributed by atoms with Crippen LogP contribution in [-0.2, 0) is 19.1 Å². The van der Waals surface area contributed by atoms with Crippen LogP contribution in [0.1, 0.15) is 183 Å². The molecule has 0 spiro atoms. The van der Waals surface area contributed by atoms with Gasteiger partial charge in [-0.25, -0.2) is 0 Å². The Labute approximate surface area is 250 Å². The summed E-state index contributed by atoms with van der Waals surface area (Å²) in [6.07, 6.45) is 25.7. The van der Waals surface area contributed by atoms with Crippen LogP contribution in [0.5, 0.6) is 0 Å². The lowest BCUT2D eigenvalue weighted by Crippen LogP contribution is -2.25. The molecule has 4 nitrogen and oxygen atoms in total. The highest BCUT2D eigenvalue weighted by molar-refractivity contribution is 5.72. The van der Waals surface area contributed by atoms with Crippen molar-refractivity contribution < 1.29 is 19.1 Å². The summed E-state index contributed by atoms with van der Waals surface area (Å²) < 4.78 is 11.0. The first-order valence-corrected chi connectivity index (χ1v) is 17.6. The Hall–Kier alpha value is -1.06. The quantitative estimate of drug-likeness (QED) is 0.0667. The number of hydrogen-bond acceptors (Lipinski definition) is 4. The molecule has 0 bridgehead atoms. The summed E-state index contributed by atoms with van der Waals surface area (Å²) in [5, 5.41) is 0. The smallest absolute Gasteiger partial charge is 0.309 e. The number of rotatable bonds is 29. The molecule has 0 saturated heterocycles. The molecule has 0 aromatic heterocycles. The Bertz CT molecular complexity index is 571. The van der Waals surface area contributed by atoms with Crippen LogP contribution in [0.15, 0.2) is 0 Å². The molecule has 0 N–H and O–H groups in total. The van der Waals surface area contributed by atoms with E-state index >= 15 is 0 Å². The van der Waals surface area contributed by atoms with Crippen molar-refractivity contribution in [1.82, 2.24) is 0 Å². The zero-order valence-electron chi connectivity index (χ0n) is 27.9. The molecular formula is C36H70O4. The minimum atomic E-state index is -0.00893. The Kier molecular flexibility index (Phi) is 27.3. The van der Waals surface area contributed by atoms with Gasteiger partial charge in [0.25, 0.3) is 0 Å². The van der Waals surface area contributed by atoms with E-state index < -0.39 is 0 Å². The fourth-order valence-corrected chi connectivity index (χ4v) is 5.67. The Morgan fingerprint density at radius 2 is 0.925 bits per heavy atom. The monoisotopic (exact) mass is 567 g/mol. The lowest BCUT2D eigenvalue weighted by atomic mass is 9.84. The van der Waals surface area contributed by atoms with Gasteiger partial charge in [-0.15, -0.1) is 0 Å². The molecule has 0 aliphatic carbocycles. The largest absolute Gasteiger partial charge is 0.466 e. The molecule has 0 rings (SSSR count). The van der Waals surface area contributed by atoms with Gasteiger partial charge in [0.05, 0.1) is 19.1 Å². The first kappa shape index (κ1) is 38.9. The van der Waals surface area contributed by atoms with Gasteiger partial charge in [0.2, 0.25) is 0 Å². The molecule has 40 heavy (non-hydrogen) atoms. The van der Waals surface area contributed by atoms with Gasteiger partial charge in [-0.05, 0) is 62.7 Å². The van der Waals surface area contributed by atoms with E-state index in [-0.39, 0.29) is 17.9 Å². The van der Waals surface area contributed by atoms with Crippen molar-refractivity contribution in [3.63, 3.8) is 0 Å². The van der Waals surface area contributed by atoms with E-state index in [1.165, 1.54) is 77.0 Å². The van der Waals surface area contributed by atoms with Gasteiger partial charge >= 0.3 is 11.9 Å². The van der Waals surface area contributed by atoms with Crippen LogP contribution in [0.2, 0.25) is 0 Å². The fourth-order valence-electron chi connectivity index (χ4n) is 5.67. The number of unbranched alkanes of at least 4 members (excludes halogenated alkanes) is 13. The maximum atomic E-state index is 12.7. The molecule has 0 aromatic carbocycles. The second kappa shape index (κ2) is 28.1. The molecule has 0 amide bonds. The van der Waals surface area contributed by atoms with Crippen molar-refractivity contribution in [1.29, 1.82) is 0 Å². The van der Waals surface area contributed by atoms with Crippen LogP contribution in [0, 0.1) is 23.7 Å². The zero-order valence-corrected chi connectivity index (χ0v) is 27.9. The lowest BCUT2D eigenvalue weighted by molar-refractivity contribution is -0.151. The zero-order chi connectivity index (χ0) is 29.8.